The number of halogens is 2. The molecule has 1 saturated heterocycles. The molecule has 0 aliphatic carbocycles. The first-order valence-corrected chi connectivity index (χ1v) is 12.4. The smallest absolute Gasteiger partial charge is 0.423 e. The molecule has 192 valence electrons. The summed E-state index contributed by atoms with van der Waals surface area (Å²) in [6, 6.07) is 26.0. The third-order valence-corrected chi connectivity index (χ3v) is 7.30. The molecule has 1 aliphatic heterocycles. The standard InChI is InChI=1S/C30H26BF2NO4/c32-23-11-6-20(7-12-23)28(35)17-16-26-29(36)34-30(26,22-9-13-24(33)14-10-22)25-15-8-21(18-27(25)31(37)38)19-4-2-1-3-5-19/h1-15,18,26,28,35,37-38H,16-17H2,(H,34,36)/t26-,28-,30-/m0/s1. The molecule has 0 spiro atoms. The van der Waals surface area contributed by atoms with E-state index in [1.54, 1.807) is 24.3 Å². The summed E-state index contributed by atoms with van der Waals surface area (Å²) in [4.78, 5) is 13.0. The summed E-state index contributed by atoms with van der Waals surface area (Å²) in [5, 5.41) is 34.5. The summed E-state index contributed by atoms with van der Waals surface area (Å²) in [6.07, 6.45) is -0.493. The van der Waals surface area contributed by atoms with E-state index < -0.39 is 36.3 Å². The van der Waals surface area contributed by atoms with E-state index in [0.717, 1.165) is 11.1 Å². The predicted molar refractivity (Wildman–Crippen MR) is 141 cm³/mol. The largest absolute Gasteiger partial charge is 0.488 e. The number of amides is 1. The molecule has 1 fully saturated rings. The molecule has 38 heavy (non-hydrogen) atoms. The van der Waals surface area contributed by atoms with Gasteiger partial charge in [-0.3, -0.25) is 4.79 Å². The number of benzene rings is 4. The Bertz CT molecular complexity index is 1430. The van der Waals surface area contributed by atoms with E-state index in [2.05, 4.69) is 5.32 Å². The van der Waals surface area contributed by atoms with Crippen LogP contribution in [0.5, 0.6) is 0 Å². The van der Waals surface area contributed by atoms with Crippen molar-refractivity contribution in [3.63, 3.8) is 0 Å². The summed E-state index contributed by atoms with van der Waals surface area (Å²) in [7, 11) is -1.84. The highest BCUT2D eigenvalue weighted by atomic mass is 19.1. The van der Waals surface area contributed by atoms with E-state index >= 15 is 0 Å². The number of carbonyl (C=O) groups is 1. The molecule has 8 heteroatoms. The van der Waals surface area contributed by atoms with E-state index in [4.69, 9.17) is 0 Å². The minimum atomic E-state index is -1.84. The predicted octanol–water partition coefficient (Wildman–Crippen LogP) is 3.82. The van der Waals surface area contributed by atoms with E-state index in [9.17, 15) is 28.7 Å². The minimum absolute atomic E-state index is 0.200. The second-order valence-electron chi connectivity index (χ2n) is 9.54. The Hall–Kier alpha value is -3.85. The Morgan fingerprint density at radius 2 is 1.47 bits per heavy atom. The maximum atomic E-state index is 13.9. The number of hydrogen-bond donors (Lipinski definition) is 4. The third kappa shape index (κ3) is 4.74. The summed E-state index contributed by atoms with van der Waals surface area (Å²) >= 11 is 0. The van der Waals surface area contributed by atoms with Crippen molar-refractivity contribution in [2.75, 3.05) is 0 Å². The van der Waals surface area contributed by atoms with Crippen molar-refractivity contribution >= 4 is 18.5 Å². The van der Waals surface area contributed by atoms with Gasteiger partial charge in [0.15, 0.2) is 0 Å². The van der Waals surface area contributed by atoms with Gasteiger partial charge in [-0.15, -0.1) is 0 Å². The van der Waals surface area contributed by atoms with Crippen molar-refractivity contribution < 1.29 is 28.7 Å². The van der Waals surface area contributed by atoms with Gasteiger partial charge in [0.25, 0.3) is 0 Å². The molecule has 4 aromatic carbocycles. The molecule has 0 saturated carbocycles. The van der Waals surface area contributed by atoms with Crippen molar-refractivity contribution in [2.24, 2.45) is 5.92 Å². The fraction of sp³-hybridized carbons (Fsp3) is 0.167. The lowest BCUT2D eigenvalue weighted by Crippen LogP contribution is -2.68. The van der Waals surface area contributed by atoms with Crippen LogP contribution in [0.15, 0.2) is 97.1 Å². The molecular weight excluding hydrogens is 487 g/mol. The van der Waals surface area contributed by atoms with Crippen LogP contribution in [0.2, 0.25) is 0 Å². The van der Waals surface area contributed by atoms with Crippen LogP contribution < -0.4 is 10.8 Å². The number of carbonyl (C=O) groups excluding carboxylic acids is 1. The Kier molecular flexibility index (Phi) is 7.12. The number of β-lactam (4-membered cyclic amide) rings is 1. The first kappa shape index (κ1) is 25.8. The maximum absolute atomic E-state index is 13.9. The molecule has 5 nitrogen and oxygen atoms in total. The van der Waals surface area contributed by atoms with Gasteiger partial charge in [-0.25, -0.2) is 8.78 Å². The Morgan fingerprint density at radius 3 is 2.08 bits per heavy atom. The lowest BCUT2D eigenvalue weighted by molar-refractivity contribution is -0.140. The molecule has 1 aliphatic rings. The second-order valence-corrected chi connectivity index (χ2v) is 9.54. The van der Waals surface area contributed by atoms with Gasteiger partial charge in [-0.1, -0.05) is 72.8 Å². The Labute approximate surface area is 219 Å². The molecular formula is C30H26BF2NO4. The van der Waals surface area contributed by atoms with Gasteiger partial charge in [-0.2, -0.15) is 0 Å². The highest BCUT2D eigenvalue weighted by Crippen LogP contribution is 2.46. The van der Waals surface area contributed by atoms with Crippen LogP contribution in [0.25, 0.3) is 11.1 Å². The van der Waals surface area contributed by atoms with Crippen LogP contribution >= 0.6 is 0 Å². The van der Waals surface area contributed by atoms with Crippen molar-refractivity contribution in [1.82, 2.24) is 5.32 Å². The van der Waals surface area contributed by atoms with Crippen LogP contribution in [-0.2, 0) is 10.3 Å². The summed E-state index contributed by atoms with van der Waals surface area (Å²) in [5.41, 5.74) is 2.25. The quantitative estimate of drug-likeness (QED) is 0.213. The molecule has 1 heterocycles. The van der Waals surface area contributed by atoms with Gasteiger partial charge in [0.05, 0.1) is 12.0 Å². The molecule has 4 aromatic rings. The zero-order chi connectivity index (χ0) is 26.9. The Morgan fingerprint density at radius 1 is 0.842 bits per heavy atom. The molecule has 4 N–H and O–H groups in total. The molecule has 0 aromatic heterocycles. The number of nitrogens with one attached hydrogen (secondary N) is 1. The van der Waals surface area contributed by atoms with Crippen LogP contribution in [0.4, 0.5) is 8.78 Å². The van der Waals surface area contributed by atoms with Gasteiger partial charge < -0.3 is 20.5 Å². The van der Waals surface area contributed by atoms with Gasteiger partial charge >= 0.3 is 7.12 Å². The number of aliphatic hydroxyl groups excluding tert-OH is 1. The zero-order valence-electron chi connectivity index (χ0n) is 20.4. The van der Waals surface area contributed by atoms with Crippen molar-refractivity contribution in [1.29, 1.82) is 0 Å². The number of hydrogen-bond acceptors (Lipinski definition) is 4. The first-order chi connectivity index (χ1) is 18.3. The topological polar surface area (TPSA) is 89.8 Å². The lowest BCUT2D eigenvalue weighted by Gasteiger charge is -2.51. The highest BCUT2D eigenvalue weighted by molar-refractivity contribution is 6.59. The maximum Gasteiger partial charge on any atom is 0.488 e. The molecule has 1 amide bonds. The fourth-order valence-electron chi connectivity index (χ4n) is 5.35. The zero-order valence-corrected chi connectivity index (χ0v) is 20.4. The van der Waals surface area contributed by atoms with Gasteiger partial charge in [-0.05, 0) is 70.4 Å². The van der Waals surface area contributed by atoms with Crippen molar-refractivity contribution in [3.8, 4) is 11.1 Å². The number of rotatable bonds is 8. The second kappa shape index (κ2) is 10.5. The van der Waals surface area contributed by atoms with E-state index in [1.165, 1.54) is 36.4 Å². The normalized spacial score (nSPS) is 19.4. The Balaban J connectivity index is 1.56. The number of aliphatic hydroxyl groups is 1. The van der Waals surface area contributed by atoms with Crippen molar-refractivity contribution in [3.05, 3.63) is 125 Å². The first-order valence-electron chi connectivity index (χ1n) is 12.4. The van der Waals surface area contributed by atoms with E-state index in [0.29, 0.717) is 16.7 Å². The molecule has 5 rings (SSSR count). The van der Waals surface area contributed by atoms with Crippen LogP contribution in [0.1, 0.15) is 35.6 Å². The van der Waals surface area contributed by atoms with E-state index in [1.807, 2.05) is 36.4 Å². The van der Waals surface area contributed by atoms with Crippen LogP contribution in [-0.4, -0.2) is 28.2 Å². The summed E-state index contributed by atoms with van der Waals surface area (Å²) in [6.45, 7) is 0. The van der Waals surface area contributed by atoms with Gasteiger partial charge in [0.1, 0.15) is 17.2 Å². The summed E-state index contributed by atoms with van der Waals surface area (Å²) < 4.78 is 27.2. The minimum Gasteiger partial charge on any atom is -0.423 e. The van der Waals surface area contributed by atoms with Gasteiger partial charge in [0, 0.05) is 0 Å². The van der Waals surface area contributed by atoms with Gasteiger partial charge in [0.2, 0.25) is 5.91 Å². The monoisotopic (exact) mass is 513 g/mol. The average molecular weight is 513 g/mol. The molecule has 0 bridgehead atoms. The fourth-order valence-corrected chi connectivity index (χ4v) is 5.35. The summed E-state index contributed by atoms with van der Waals surface area (Å²) in [5.74, 6) is -1.82. The van der Waals surface area contributed by atoms with Crippen LogP contribution in [0.3, 0.4) is 0 Å². The molecule has 0 unspecified atom stereocenters. The lowest BCUT2D eigenvalue weighted by atomic mass is 9.60. The van der Waals surface area contributed by atoms with E-state index in [-0.39, 0.29) is 24.2 Å². The average Bonchev–Trinajstić information content (AvgIpc) is 2.92. The molecule has 3 atom stereocenters. The molecule has 0 radical (unpaired) electrons. The SMILES string of the molecule is O=C1N[C@@](c2ccc(F)cc2)(c2ccc(-c3ccccc3)cc2B(O)O)[C@H]1CC[C@H](O)c1ccc(F)cc1. The van der Waals surface area contributed by atoms with Crippen LogP contribution in [0, 0.1) is 17.6 Å². The third-order valence-electron chi connectivity index (χ3n) is 7.30. The van der Waals surface area contributed by atoms with Crippen molar-refractivity contribution in [2.45, 2.75) is 24.5 Å². The highest BCUT2D eigenvalue weighted by Gasteiger charge is 2.56.